The summed E-state index contributed by atoms with van der Waals surface area (Å²) in [5, 5.41) is 8.53. The number of carboxylic acids is 1. The van der Waals surface area contributed by atoms with Gasteiger partial charge >= 0.3 is 11.9 Å². The van der Waals surface area contributed by atoms with Crippen molar-refractivity contribution in [3.63, 3.8) is 0 Å². The van der Waals surface area contributed by atoms with Gasteiger partial charge in [-0.1, -0.05) is 13.2 Å². The summed E-state index contributed by atoms with van der Waals surface area (Å²) in [4.78, 5) is 34.6. The number of ether oxygens (including phenoxy) is 1. The zero-order valence-corrected chi connectivity index (χ0v) is 9.22. The van der Waals surface area contributed by atoms with Crippen LogP contribution in [0.2, 0.25) is 0 Å². The largest absolute Gasteiger partial charge is 0.478 e. The Morgan fingerprint density at radius 3 is 2.71 bits per heavy atom. The monoisotopic (exact) mass is 239 g/mol. The van der Waals surface area contributed by atoms with Gasteiger partial charge in [0.05, 0.1) is 6.42 Å². The molecular formula is C11H13NO5. The van der Waals surface area contributed by atoms with Gasteiger partial charge in [0, 0.05) is 18.5 Å². The first-order chi connectivity index (χ1) is 7.95. The third-order valence-electron chi connectivity index (χ3n) is 2.34. The van der Waals surface area contributed by atoms with Crippen LogP contribution < -0.4 is 0 Å². The molecule has 1 heterocycles. The van der Waals surface area contributed by atoms with Crippen molar-refractivity contribution < 1.29 is 24.2 Å². The Morgan fingerprint density at radius 1 is 1.59 bits per heavy atom. The van der Waals surface area contributed by atoms with Gasteiger partial charge in [0.15, 0.2) is 6.10 Å². The van der Waals surface area contributed by atoms with Gasteiger partial charge in [0.25, 0.3) is 5.91 Å². The lowest BCUT2D eigenvalue weighted by Gasteiger charge is -2.11. The molecule has 1 aliphatic heterocycles. The molecule has 0 aromatic rings. The Hall–Kier alpha value is -2.11. The number of carbonyl (C=O) groups excluding carboxylic acids is 2. The summed E-state index contributed by atoms with van der Waals surface area (Å²) in [6, 6.07) is 0. The third-order valence-corrected chi connectivity index (χ3v) is 2.34. The maximum absolute atomic E-state index is 11.5. The molecule has 6 nitrogen and oxygen atoms in total. The fourth-order valence-corrected chi connectivity index (χ4v) is 1.42. The molecule has 0 aromatic heterocycles. The summed E-state index contributed by atoms with van der Waals surface area (Å²) in [5.41, 5.74) is -0.263. The number of amides is 1. The zero-order valence-electron chi connectivity index (χ0n) is 9.22. The second-order valence-corrected chi connectivity index (χ2v) is 3.57. The standard InChI is InChI=1S/C11H13NO5/c1-3-12-5-4-8(10(12)14)17-9(13)6-7(2)11(15)16/h3,8H,1-2,4-6H2,(H,15,16). The molecule has 0 aliphatic carbocycles. The molecule has 1 rings (SSSR count). The van der Waals surface area contributed by atoms with Crippen LogP contribution in [-0.4, -0.2) is 40.5 Å². The second-order valence-electron chi connectivity index (χ2n) is 3.57. The van der Waals surface area contributed by atoms with Crippen LogP contribution in [0.15, 0.2) is 24.9 Å². The van der Waals surface area contributed by atoms with Crippen LogP contribution in [0.3, 0.4) is 0 Å². The van der Waals surface area contributed by atoms with Gasteiger partial charge in [-0.05, 0) is 6.20 Å². The Kier molecular flexibility index (Phi) is 4.03. The van der Waals surface area contributed by atoms with E-state index in [2.05, 4.69) is 13.2 Å². The maximum Gasteiger partial charge on any atom is 0.331 e. The number of likely N-dealkylation sites (tertiary alicyclic amines) is 1. The summed E-state index contributed by atoms with van der Waals surface area (Å²) in [7, 11) is 0. The molecular weight excluding hydrogens is 226 g/mol. The van der Waals surface area contributed by atoms with E-state index in [4.69, 9.17) is 9.84 Å². The van der Waals surface area contributed by atoms with Crippen molar-refractivity contribution in [2.75, 3.05) is 6.54 Å². The van der Waals surface area contributed by atoms with Gasteiger partial charge in [-0.15, -0.1) is 0 Å². The van der Waals surface area contributed by atoms with E-state index in [1.165, 1.54) is 11.1 Å². The van der Waals surface area contributed by atoms with Crippen LogP contribution in [0.5, 0.6) is 0 Å². The predicted molar refractivity (Wildman–Crippen MR) is 57.8 cm³/mol. The number of nitrogens with zero attached hydrogens (tertiary/aromatic N) is 1. The fraction of sp³-hybridized carbons (Fsp3) is 0.364. The molecule has 1 amide bonds. The predicted octanol–water partition coefficient (Wildman–Crippen LogP) is 0.305. The fourth-order valence-electron chi connectivity index (χ4n) is 1.42. The van der Waals surface area contributed by atoms with Gasteiger partial charge in [-0.25, -0.2) is 4.79 Å². The van der Waals surface area contributed by atoms with Crippen LogP contribution in [0.4, 0.5) is 0 Å². The summed E-state index contributed by atoms with van der Waals surface area (Å²) >= 11 is 0. The minimum absolute atomic E-state index is 0.263. The average molecular weight is 239 g/mol. The first kappa shape index (κ1) is 13.0. The van der Waals surface area contributed by atoms with Crippen molar-refractivity contribution in [2.45, 2.75) is 18.9 Å². The molecule has 1 fully saturated rings. The topological polar surface area (TPSA) is 83.9 Å². The van der Waals surface area contributed by atoms with E-state index in [9.17, 15) is 14.4 Å². The molecule has 1 unspecified atom stereocenters. The number of hydrogen-bond acceptors (Lipinski definition) is 4. The highest BCUT2D eigenvalue weighted by Gasteiger charge is 2.33. The van der Waals surface area contributed by atoms with Gasteiger partial charge in [0.1, 0.15) is 0 Å². The van der Waals surface area contributed by atoms with Crippen LogP contribution in [0.1, 0.15) is 12.8 Å². The Bertz CT molecular complexity index is 387. The smallest absolute Gasteiger partial charge is 0.331 e. The Balaban J connectivity index is 2.48. The lowest BCUT2D eigenvalue weighted by atomic mass is 10.2. The van der Waals surface area contributed by atoms with Crippen LogP contribution >= 0.6 is 0 Å². The molecule has 1 aliphatic rings. The highest BCUT2D eigenvalue weighted by Crippen LogP contribution is 2.15. The molecule has 0 radical (unpaired) electrons. The lowest BCUT2D eigenvalue weighted by Crippen LogP contribution is -2.28. The first-order valence-electron chi connectivity index (χ1n) is 4.99. The van der Waals surface area contributed by atoms with Gasteiger partial charge in [0.2, 0.25) is 0 Å². The molecule has 6 heteroatoms. The van der Waals surface area contributed by atoms with E-state index in [1.54, 1.807) is 0 Å². The highest BCUT2D eigenvalue weighted by molar-refractivity contribution is 5.93. The molecule has 0 spiro atoms. The second kappa shape index (κ2) is 5.29. The van der Waals surface area contributed by atoms with Crippen molar-refractivity contribution >= 4 is 17.8 Å². The van der Waals surface area contributed by atoms with E-state index >= 15 is 0 Å². The number of hydrogen-bond donors (Lipinski definition) is 1. The van der Waals surface area contributed by atoms with Gasteiger partial charge in [-0.2, -0.15) is 0 Å². The average Bonchev–Trinajstić information content (AvgIpc) is 2.59. The summed E-state index contributed by atoms with van der Waals surface area (Å²) in [6.45, 7) is 7.10. The Morgan fingerprint density at radius 2 is 2.24 bits per heavy atom. The maximum atomic E-state index is 11.5. The Labute approximate surface area is 98.2 Å². The van der Waals surface area contributed by atoms with E-state index in [1.807, 2.05) is 0 Å². The third kappa shape index (κ3) is 3.17. The number of aliphatic carboxylic acids is 1. The van der Waals surface area contributed by atoms with Crippen molar-refractivity contribution in [3.05, 3.63) is 24.9 Å². The van der Waals surface area contributed by atoms with Crippen LogP contribution in [-0.2, 0) is 19.1 Å². The minimum atomic E-state index is -1.26. The molecule has 17 heavy (non-hydrogen) atoms. The molecule has 1 atom stereocenters. The minimum Gasteiger partial charge on any atom is -0.478 e. The molecule has 1 N–H and O–H groups in total. The van der Waals surface area contributed by atoms with Crippen molar-refractivity contribution in [3.8, 4) is 0 Å². The molecule has 92 valence electrons. The normalized spacial score (nSPS) is 18.9. The van der Waals surface area contributed by atoms with Crippen LogP contribution in [0, 0.1) is 0 Å². The number of esters is 1. The molecule has 0 saturated carbocycles. The summed E-state index contributed by atoms with van der Waals surface area (Å²) in [5.74, 6) is -2.36. The van der Waals surface area contributed by atoms with E-state index < -0.39 is 24.5 Å². The SMILES string of the molecule is C=CN1CCC(OC(=O)CC(=C)C(=O)O)C1=O. The van der Waals surface area contributed by atoms with Gasteiger partial charge in [-0.3, -0.25) is 9.59 Å². The number of rotatable bonds is 5. The van der Waals surface area contributed by atoms with Crippen molar-refractivity contribution in [2.24, 2.45) is 0 Å². The number of carbonyl (C=O) groups is 3. The lowest BCUT2D eigenvalue weighted by molar-refractivity contribution is -0.155. The summed E-state index contributed by atoms with van der Waals surface area (Å²) in [6.07, 6.45) is 0.484. The van der Waals surface area contributed by atoms with E-state index in [0.717, 1.165) is 0 Å². The highest BCUT2D eigenvalue weighted by atomic mass is 16.5. The number of carboxylic acid groups (broad SMARTS) is 1. The van der Waals surface area contributed by atoms with Gasteiger partial charge < -0.3 is 14.7 Å². The van der Waals surface area contributed by atoms with Crippen molar-refractivity contribution in [1.82, 2.24) is 4.90 Å². The zero-order chi connectivity index (χ0) is 13.0. The first-order valence-corrected chi connectivity index (χ1v) is 4.99. The molecule has 0 aromatic carbocycles. The van der Waals surface area contributed by atoms with E-state index in [0.29, 0.717) is 13.0 Å². The van der Waals surface area contributed by atoms with E-state index in [-0.39, 0.29) is 11.5 Å². The summed E-state index contributed by atoms with van der Waals surface area (Å²) < 4.78 is 4.87. The molecule has 0 bridgehead atoms. The quantitative estimate of drug-likeness (QED) is 0.551. The van der Waals surface area contributed by atoms with Crippen LogP contribution in [0.25, 0.3) is 0 Å². The van der Waals surface area contributed by atoms with Crippen molar-refractivity contribution in [1.29, 1.82) is 0 Å². The molecule has 1 saturated heterocycles.